The smallest absolute Gasteiger partial charge is 0.407 e. The van der Waals surface area contributed by atoms with Crippen LogP contribution in [0.5, 0.6) is 0 Å². The van der Waals surface area contributed by atoms with Crippen LogP contribution in [0.3, 0.4) is 0 Å². The third-order valence-corrected chi connectivity index (χ3v) is 17.5. The first-order valence-corrected chi connectivity index (χ1v) is 30.8. The summed E-state index contributed by atoms with van der Waals surface area (Å²) in [5.74, 6) is -316. The first-order valence-electron chi connectivity index (χ1n) is 30.8. The minimum absolute atomic E-state index is 0.501. The Morgan fingerprint density at radius 2 is 0.386 bits per heavy atom. The summed E-state index contributed by atoms with van der Waals surface area (Å²) in [4.78, 5) is 31.9. The van der Waals surface area contributed by atoms with Crippen molar-refractivity contribution in [1.29, 1.82) is 0 Å². The fourth-order valence-corrected chi connectivity index (χ4v) is 9.21. The van der Waals surface area contributed by atoms with Crippen LogP contribution in [-0.2, 0) is 4.74 Å². The molecule has 0 radical (unpaired) electrons. The first-order chi connectivity index (χ1) is 56.6. The van der Waals surface area contributed by atoms with Crippen LogP contribution in [-0.4, -0.2) is 292 Å². The number of nitrogens with zero attached hydrogens (tertiary/aromatic N) is 2. The van der Waals surface area contributed by atoms with E-state index < -0.39 is 320 Å². The molecule has 0 aliphatic rings. The van der Waals surface area contributed by atoms with Crippen molar-refractivity contribution in [1.82, 2.24) is 15.1 Å². The van der Waals surface area contributed by atoms with Crippen LogP contribution < -0.4 is 5.32 Å². The summed E-state index contributed by atoms with van der Waals surface area (Å²) in [5.41, 5.74) is 0. The van der Waals surface area contributed by atoms with E-state index in [0.717, 1.165) is 0 Å². The summed E-state index contributed by atoms with van der Waals surface area (Å²) in [6.45, 7) is -21.2. The number of rotatable bonds is 50. The Morgan fingerprint density at radius 3 is 0.568 bits per heavy atom. The molecule has 81 heteroatoms. The van der Waals surface area contributed by atoms with E-state index in [1.807, 2.05) is 0 Å². The number of carbonyl (C=O) groups is 3. The van der Waals surface area contributed by atoms with Crippen LogP contribution in [0.1, 0.15) is 32.1 Å². The normalized spacial score (nSPS) is 16.5. The second-order valence-corrected chi connectivity index (χ2v) is 26.3. The summed E-state index contributed by atoms with van der Waals surface area (Å²) in [6.07, 6.45) is -41.1. The van der Waals surface area contributed by atoms with Gasteiger partial charge in [0.05, 0.1) is 13.1 Å². The Bertz CT molecular complexity index is 3950. The highest BCUT2D eigenvalue weighted by Crippen LogP contribution is 2.73. The van der Waals surface area contributed by atoms with Gasteiger partial charge in [-0.05, 0) is 31.6 Å². The van der Waals surface area contributed by atoms with E-state index in [4.69, 9.17) is 0 Å². The molecular weight excluding hydrogens is 2120 g/mol. The molecule has 3 amide bonds. The molecule has 0 aliphatic heterocycles. The van der Waals surface area contributed by atoms with Gasteiger partial charge in [-0.2, -0.15) is 290 Å². The maximum atomic E-state index is 15.0. The fourth-order valence-electron chi connectivity index (χ4n) is 9.21. The Labute approximate surface area is 671 Å². The Hall–Kier alpha value is -7.23. The summed E-state index contributed by atoms with van der Waals surface area (Å²) < 4.78 is 1010. The molecule has 3 N–H and O–H groups in total. The van der Waals surface area contributed by atoms with E-state index in [2.05, 4.69) is 4.74 Å². The van der Waals surface area contributed by atoms with Gasteiger partial charge in [0, 0.05) is 19.6 Å². The Kier molecular flexibility index (Phi) is 33.1. The molecule has 1 unspecified atom stereocenters. The molecule has 0 saturated heterocycles. The number of hydrogen-bond acceptors (Lipinski definition) is 4. The average molecular weight is 2150 g/mol. The quantitative estimate of drug-likeness (QED) is 0.0412. The lowest BCUT2D eigenvalue weighted by Gasteiger charge is -2.45. The summed E-state index contributed by atoms with van der Waals surface area (Å²) in [5, 5.41) is 18.9. The summed E-state index contributed by atoms with van der Waals surface area (Å²) >= 11 is 0. The number of carbonyl (C=O) groups excluding carboxylic acids is 1. The fraction of sp³-hybridized carbons (Fsp3) is 0.941. The van der Waals surface area contributed by atoms with Gasteiger partial charge in [-0.1, -0.05) is 6.42 Å². The highest BCUT2D eigenvalue weighted by Gasteiger charge is 3.04. The standard InChI is InChI=1S/C51H29F72N3O6/c52-13(53)22(64,65)28(76,77)34(88,89)40(100,101)46(112,113)49(118,119)43(106,107)37(94,95)31(82,83)25(70,71)19(58,59)9-125(17(128)129)6-2-1-4-12(8-124-16(127)132-11-21(62,63)27(74,75)33(86,87)39(98,99)45(110,111)51(122,123)48(116,117)42(104,105)36(92,93)30(80,81)24(68,69)15(56)57)5-3-7-126(18(130)131)10-20(60,61)26(72,73)32(84,85)38(96,97)44(108,109)50(120,121)47(114,115)41(102,103)35(90,91)29(78,79)23(66,67)14(54)55/h12-15H,1-11H2,(H,124,127)(H,128,129)(H,130,131). The van der Waals surface area contributed by atoms with Crippen LogP contribution in [0.25, 0.3) is 0 Å². The molecule has 0 saturated carbocycles. The summed E-state index contributed by atoms with van der Waals surface area (Å²) in [7, 11) is 0. The third-order valence-electron chi connectivity index (χ3n) is 17.5. The number of hydrogen-bond donors (Lipinski definition) is 3. The molecule has 0 fully saturated rings. The number of unbranched alkanes of at least 4 members (excludes halogenated alkanes) is 1. The number of alkyl carbamates (subject to hydrolysis) is 1. The first kappa shape index (κ1) is 125. The van der Waals surface area contributed by atoms with Crippen LogP contribution in [0.15, 0.2) is 0 Å². The van der Waals surface area contributed by atoms with E-state index in [0.29, 0.717) is 5.32 Å². The molecule has 1 atom stereocenters. The van der Waals surface area contributed by atoms with Crippen molar-refractivity contribution in [3.8, 4) is 0 Å². The molecule has 0 aromatic heterocycles. The molecule has 0 aliphatic carbocycles. The second kappa shape index (κ2) is 35.0. The van der Waals surface area contributed by atoms with Crippen LogP contribution in [0, 0.1) is 5.92 Å². The summed E-state index contributed by atoms with van der Waals surface area (Å²) in [6, 6.07) is 0. The van der Waals surface area contributed by atoms with Gasteiger partial charge in [-0.15, -0.1) is 0 Å². The van der Waals surface area contributed by atoms with Gasteiger partial charge < -0.3 is 30.1 Å². The van der Waals surface area contributed by atoms with Gasteiger partial charge in [0.15, 0.2) is 6.61 Å². The van der Waals surface area contributed by atoms with Crippen molar-refractivity contribution < 1.29 is 345 Å². The highest BCUT2D eigenvalue weighted by atomic mass is 19.5. The number of halogens is 72. The van der Waals surface area contributed by atoms with Gasteiger partial charge in [0.25, 0.3) is 0 Å². The monoisotopic (exact) mass is 2150 g/mol. The van der Waals surface area contributed by atoms with E-state index in [1.54, 1.807) is 0 Å². The van der Waals surface area contributed by atoms with Gasteiger partial charge in [-0.25, -0.2) is 40.7 Å². The number of ether oxygens (including phenoxy) is 1. The molecule has 0 aromatic carbocycles. The molecule has 132 heavy (non-hydrogen) atoms. The van der Waals surface area contributed by atoms with E-state index in [-0.39, 0.29) is 0 Å². The molecule has 788 valence electrons. The Morgan fingerprint density at radius 1 is 0.227 bits per heavy atom. The maximum absolute atomic E-state index is 15.0. The molecule has 9 nitrogen and oxygen atoms in total. The molecule has 0 spiro atoms. The predicted molar refractivity (Wildman–Crippen MR) is 266 cm³/mol. The van der Waals surface area contributed by atoms with Crippen molar-refractivity contribution in [3.63, 3.8) is 0 Å². The zero-order valence-corrected chi connectivity index (χ0v) is 59.2. The molecule has 0 aromatic rings. The van der Waals surface area contributed by atoms with Crippen molar-refractivity contribution >= 4 is 18.3 Å². The minimum Gasteiger partial charge on any atom is -0.465 e. The van der Waals surface area contributed by atoms with Gasteiger partial charge in [0.2, 0.25) is 0 Å². The zero-order chi connectivity index (χ0) is 108. The van der Waals surface area contributed by atoms with Gasteiger partial charge >= 0.3 is 233 Å². The van der Waals surface area contributed by atoms with E-state index in [9.17, 15) is 332 Å². The lowest BCUT2D eigenvalue weighted by Crippen LogP contribution is -2.78. The molecule has 0 heterocycles. The van der Waals surface area contributed by atoms with Crippen molar-refractivity contribution in [2.45, 2.75) is 247 Å². The average Bonchev–Trinajstić information content (AvgIpc) is 0.686. The zero-order valence-electron chi connectivity index (χ0n) is 59.2. The third kappa shape index (κ3) is 17.5. The molecule has 0 bridgehead atoms. The minimum atomic E-state index is -10.2. The van der Waals surface area contributed by atoms with E-state index in [1.165, 1.54) is 0 Å². The Balaban J connectivity index is 8.24. The number of alkyl halides is 72. The number of amides is 3. The van der Waals surface area contributed by atoms with Gasteiger partial charge in [0.1, 0.15) is 0 Å². The van der Waals surface area contributed by atoms with Crippen molar-refractivity contribution in [2.75, 3.05) is 39.3 Å². The number of nitrogens with one attached hydrogen (secondary N) is 1. The lowest BCUT2D eigenvalue weighted by molar-refractivity contribution is -0.476. The second-order valence-electron chi connectivity index (χ2n) is 26.3. The van der Waals surface area contributed by atoms with Crippen molar-refractivity contribution in [2.24, 2.45) is 5.92 Å². The van der Waals surface area contributed by atoms with Crippen LogP contribution in [0.2, 0.25) is 0 Å². The highest BCUT2D eigenvalue weighted by molar-refractivity contribution is 5.67. The van der Waals surface area contributed by atoms with Gasteiger partial charge in [-0.3, -0.25) is 0 Å². The molecule has 0 rings (SSSR count). The van der Waals surface area contributed by atoms with Crippen molar-refractivity contribution in [3.05, 3.63) is 0 Å². The maximum Gasteiger partial charge on any atom is 0.407 e. The topological polar surface area (TPSA) is 119 Å². The molecular formula is C51H29F72N3O6. The van der Waals surface area contributed by atoms with Crippen LogP contribution >= 0.6 is 0 Å². The number of carboxylic acid groups (broad SMARTS) is 2. The van der Waals surface area contributed by atoms with E-state index >= 15 is 8.78 Å². The van der Waals surface area contributed by atoms with Crippen LogP contribution in [0.4, 0.5) is 330 Å². The SMILES string of the molecule is O=C(NCC(CCCCN(CC(F)(F)C(F)(F)C(F)(F)C(F)(F)C(F)(F)C(F)(F)C(F)(F)C(F)(F)C(F)(F)C(F)(F)C(F)(F)C(F)F)C(=O)O)CCCN(CC(F)(F)C(F)(F)C(F)(F)C(F)(F)C(F)(F)C(F)(F)C(F)(F)C(F)(F)C(F)(F)C(F)(F)C(F)(F)C(F)F)C(=O)O)OCC(F)(F)C(F)(F)C(F)(F)C(F)(F)C(F)(F)C(F)(F)C(F)(F)C(F)(F)C(F)(F)C(F)(F)C(F)(F)C(F)F. The largest absolute Gasteiger partial charge is 0.465 e. The lowest BCUT2D eigenvalue weighted by atomic mass is 9.84. The predicted octanol–water partition coefficient (Wildman–Crippen LogP) is 25.0.